The van der Waals surface area contributed by atoms with E-state index in [1.807, 2.05) is 0 Å². The van der Waals surface area contributed by atoms with Gasteiger partial charge in [-0.2, -0.15) is 0 Å². The van der Waals surface area contributed by atoms with Crippen LogP contribution in [0.1, 0.15) is 66.7 Å². The summed E-state index contributed by atoms with van der Waals surface area (Å²) in [5.41, 5.74) is 1.66. The van der Waals surface area contributed by atoms with Gasteiger partial charge in [0.15, 0.2) is 0 Å². The van der Waals surface area contributed by atoms with Crippen LogP contribution in [0.4, 0.5) is 0 Å². The van der Waals surface area contributed by atoms with Crippen LogP contribution < -0.4 is 0 Å². The zero-order chi connectivity index (χ0) is 15.8. The fourth-order valence-corrected chi connectivity index (χ4v) is 4.52. The fourth-order valence-electron chi connectivity index (χ4n) is 4.52. The molecule has 4 atom stereocenters. The topological polar surface area (TPSA) is 49.7 Å². The minimum Gasteiger partial charge on any atom is -0.393 e. The van der Waals surface area contributed by atoms with Crippen molar-refractivity contribution in [1.29, 1.82) is 0 Å². The van der Waals surface area contributed by atoms with Crippen LogP contribution in [-0.4, -0.2) is 34.1 Å². The van der Waals surface area contributed by atoms with Crippen molar-refractivity contribution in [2.75, 3.05) is 6.61 Å². The van der Waals surface area contributed by atoms with Gasteiger partial charge in [-0.15, -0.1) is 0 Å². The molecule has 0 spiro atoms. The first kappa shape index (κ1) is 17.0. The molecule has 0 aromatic heterocycles. The van der Waals surface area contributed by atoms with E-state index in [2.05, 4.69) is 34.6 Å². The van der Waals surface area contributed by atoms with E-state index in [4.69, 9.17) is 4.74 Å². The van der Waals surface area contributed by atoms with Crippen molar-refractivity contribution in [3.63, 3.8) is 0 Å². The van der Waals surface area contributed by atoms with Crippen molar-refractivity contribution < 1.29 is 14.9 Å². The number of allylic oxidation sites excluding steroid dienone is 2. The van der Waals surface area contributed by atoms with Crippen molar-refractivity contribution in [3.8, 4) is 0 Å². The van der Waals surface area contributed by atoms with Crippen LogP contribution in [0.15, 0.2) is 11.1 Å². The second-order valence-electron chi connectivity index (χ2n) is 7.80. The zero-order valence-corrected chi connectivity index (χ0v) is 14.3. The zero-order valence-electron chi connectivity index (χ0n) is 14.3. The molecule has 0 radical (unpaired) electrons. The van der Waals surface area contributed by atoms with Crippen molar-refractivity contribution in [3.05, 3.63) is 11.1 Å². The first-order valence-electron chi connectivity index (χ1n) is 8.38. The first-order valence-corrected chi connectivity index (χ1v) is 8.38. The van der Waals surface area contributed by atoms with E-state index >= 15 is 0 Å². The second-order valence-corrected chi connectivity index (χ2v) is 7.80. The predicted octanol–water partition coefficient (Wildman–Crippen LogP) is 3.44. The molecule has 2 fully saturated rings. The largest absolute Gasteiger partial charge is 0.393 e. The maximum absolute atomic E-state index is 10.9. The summed E-state index contributed by atoms with van der Waals surface area (Å²) in [4.78, 5) is 0. The second kappa shape index (κ2) is 6.02. The van der Waals surface area contributed by atoms with Crippen LogP contribution in [0, 0.1) is 11.8 Å². The average molecular weight is 296 g/mol. The molecule has 2 saturated carbocycles. The Kier molecular flexibility index (Phi) is 4.87. The summed E-state index contributed by atoms with van der Waals surface area (Å²) in [6.45, 7) is 10.6. The molecule has 21 heavy (non-hydrogen) atoms. The minimum absolute atomic E-state index is 0.110. The number of hydrogen-bond acceptors (Lipinski definition) is 3. The molecule has 122 valence electrons. The van der Waals surface area contributed by atoms with E-state index < -0.39 is 5.60 Å². The quantitative estimate of drug-likeness (QED) is 0.784. The molecular weight excluding hydrogens is 264 g/mol. The number of rotatable bonds is 3. The highest BCUT2D eigenvalue weighted by Gasteiger charge is 2.55. The van der Waals surface area contributed by atoms with Crippen LogP contribution in [-0.2, 0) is 4.74 Å². The molecule has 3 heteroatoms. The first-order chi connectivity index (χ1) is 9.72. The van der Waals surface area contributed by atoms with E-state index in [0.29, 0.717) is 12.3 Å². The van der Waals surface area contributed by atoms with Crippen molar-refractivity contribution >= 4 is 0 Å². The third-order valence-electron chi connectivity index (χ3n) is 5.72. The standard InChI is InChI=1S/C18H32O3/c1-12(2)14-6-8-17(5,21-13(3)4)15-7-9-18(20,11-19)16(15)10-14/h13,15-16,19-20H,6-11H2,1-5H3/t15-,16-,17-,18+/m1/s1. The lowest BCUT2D eigenvalue weighted by molar-refractivity contribution is -0.131. The molecule has 2 aliphatic rings. The Hall–Kier alpha value is -0.380. The molecule has 0 unspecified atom stereocenters. The normalized spacial score (nSPS) is 40.3. The maximum atomic E-state index is 10.9. The number of aliphatic hydroxyl groups is 2. The molecule has 0 heterocycles. The van der Waals surface area contributed by atoms with Gasteiger partial charge in [0, 0.05) is 0 Å². The summed E-state index contributed by atoms with van der Waals surface area (Å²) in [7, 11) is 0. The Morgan fingerprint density at radius 3 is 2.48 bits per heavy atom. The Labute approximate surface area is 129 Å². The highest BCUT2D eigenvalue weighted by atomic mass is 16.5. The summed E-state index contributed by atoms with van der Waals surface area (Å²) in [5, 5.41) is 20.6. The van der Waals surface area contributed by atoms with Gasteiger partial charge in [0.2, 0.25) is 0 Å². The monoisotopic (exact) mass is 296 g/mol. The van der Waals surface area contributed by atoms with Gasteiger partial charge < -0.3 is 14.9 Å². The Bertz CT molecular complexity index is 411. The van der Waals surface area contributed by atoms with E-state index in [1.165, 1.54) is 11.1 Å². The highest BCUT2D eigenvalue weighted by Crippen LogP contribution is 2.53. The predicted molar refractivity (Wildman–Crippen MR) is 85.1 cm³/mol. The summed E-state index contributed by atoms with van der Waals surface area (Å²) in [6.07, 6.45) is 4.77. The SMILES string of the molecule is CC(C)=C1CC[C@@](C)(OC(C)C)[C@@H]2CC[C@](O)(CO)[C@@H]2C1. The lowest BCUT2D eigenvalue weighted by Gasteiger charge is -2.40. The third kappa shape index (κ3) is 3.20. The van der Waals surface area contributed by atoms with Gasteiger partial charge in [0.1, 0.15) is 0 Å². The van der Waals surface area contributed by atoms with Crippen LogP contribution in [0.5, 0.6) is 0 Å². The number of ether oxygens (including phenoxy) is 1. The molecule has 2 aliphatic carbocycles. The molecule has 0 saturated heterocycles. The molecule has 0 bridgehead atoms. The van der Waals surface area contributed by atoms with E-state index in [1.54, 1.807) is 0 Å². The van der Waals surface area contributed by atoms with Gasteiger partial charge in [-0.1, -0.05) is 11.1 Å². The van der Waals surface area contributed by atoms with Gasteiger partial charge in [-0.3, -0.25) is 0 Å². The number of fused-ring (bicyclic) bond motifs is 1. The summed E-state index contributed by atoms with van der Waals surface area (Å²) < 4.78 is 6.32. The summed E-state index contributed by atoms with van der Waals surface area (Å²) >= 11 is 0. The van der Waals surface area contributed by atoms with Gasteiger partial charge in [0.05, 0.1) is 23.9 Å². The smallest absolute Gasteiger partial charge is 0.0912 e. The van der Waals surface area contributed by atoms with Crippen LogP contribution >= 0.6 is 0 Å². The van der Waals surface area contributed by atoms with E-state index in [-0.39, 0.29) is 24.2 Å². The Balaban J connectivity index is 2.38. The van der Waals surface area contributed by atoms with Crippen LogP contribution in [0.3, 0.4) is 0 Å². The van der Waals surface area contributed by atoms with Crippen molar-refractivity contribution in [2.45, 2.75) is 84.0 Å². The minimum atomic E-state index is -0.933. The molecule has 0 aliphatic heterocycles. The lowest BCUT2D eigenvalue weighted by Crippen LogP contribution is -2.46. The molecule has 0 aromatic carbocycles. The number of aliphatic hydroxyl groups excluding tert-OH is 1. The van der Waals surface area contributed by atoms with Crippen LogP contribution in [0.25, 0.3) is 0 Å². The third-order valence-corrected chi connectivity index (χ3v) is 5.72. The Morgan fingerprint density at radius 1 is 1.29 bits per heavy atom. The fraction of sp³-hybridized carbons (Fsp3) is 0.889. The molecular formula is C18H32O3. The van der Waals surface area contributed by atoms with Gasteiger partial charge in [0.25, 0.3) is 0 Å². The molecule has 2 rings (SSSR count). The molecule has 0 amide bonds. The molecule has 3 nitrogen and oxygen atoms in total. The van der Waals surface area contributed by atoms with Crippen molar-refractivity contribution in [2.24, 2.45) is 11.8 Å². The molecule has 2 N–H and O–H groups in total. The van der Waals surface area contributed by atoms with E-state index in [0.717, 1.165) is 25.7 Å². The van der Waals surface area contributed by atoms with E-state index in [9.17, 15) is 10.2 Å². The summed E-state index contributed by atoms with van der Waals surface area (Å²) in [6, 6.07) is 0. The highest BCUT2D eigenvalue weighted by molar-refractivity contribution is 5.18. The van der Waals surface area contributed by atoms with Crippen molar-refractivity contribution in [1.82, 2.24) is 0 Å². The van der Waals surface area contributed by atoms with Gasteiger partial charge in [-0.05, 0) is 78.6 Å². The van der Waals surface area contributed by atoms with Gasteiger partial charge >= 0.3 is 0 Å². The number of hydrogen-bond donors (Lipinski definition) is 2. The Morgan fingerprint density at radius 2 is 1.95 bits per heavy atom. The summed E-state index contributed by atoms with van der Waals surface area (Å²) in [5.74, 6) is 0.438. The maximum Gasteiger partial charge on any atom is 0.0912 e. The average Bonchev–Trinajstić information content (AvgIpc) is 2.63. The van der Waals surface area contributed by atoms with Gasteiger partial charge in [-0.25, -0.2) is 0 Å². The lowest BCUT2D eigenvalue weighted by atomic mass is 9.76. The van der Waals surface area contributed by atoms with Crippen LogP contribution in [0.2, 0.25) is 0 Å². The molecule has 0 aromatic rings.